The van der Waals surface area contributed by atoms with Crippen LogP contribution >= 0.6 is 11.3 Å². The normalized spacial score (nSPS) is 11.3. The highest BCUT2D eigenvalue weighted by atomic mass is 32.1. The van der Waals surface area contributed by atoms with Crippen LogP contribution in [0.4, 0.5) is 5.13 Å². The summed E-state index contributed by atoms with van der Waals surface area (Å²) in [5, 5.41) is 3.47. The van der Waals surface area contributed by atoms with Crippen molar-refractivity contribution < 1.29 is 4.79 Å². The topological polar surface area (TPSA) is 42.0 Å². The highest BCUT2D eigenvalue weighted by molar-refractivity contribution is 7.22. The Bertz CT molecular complexity index is 601. The van der Waals surface area contributed by atoms with Gasteiger partial charge < -0.3 is 0 Å². The van der Waals surface area contributed by atoms with Crippen LogP contribution in [0.3, 0.4) is 0 Å². The monoisotopic (exact) mass is 274 g/mol. The molecule has 1 heterocycles. The van der Waals surface area contributed by atoms with Crippen LogP contribution in [0.15, 0.2) is 30.4 Å². The Morgan fingerprint density at radius 3 is 3.00 bits per heavy atom. The van der Waals surface area contributed by atoms with Crippen molar-refractivity contribution in [1.29, 1.82) is 0 Å². The van der Waals surface area contributed by atoms with Gasteiger partial charge in [0.15, 0.2) is 5.13 Å². The number of nitrogens with zero attached hydrogens (tertiary/aromatic N) is 1. The van der Waals surface area contributed by atoms with Gasteiger partial charge in [0.1, 0.15) is 0 Å². The minimum Gasteiger partial charge on any atom is -0.298 e. The molecule has 0 fully saturated rings. The van der Waals surface area contributed by atoms with E-state index in [1.165, 1.54) is 16.9 Å². The van der Waals surface area contributed by atoms with Crippen LogP contribution in [0.5, 0.6) is 0 Å². The van der Waals surface area contributed by atoms with Gasteiger partial charge in [0.25, 0.3) is 0 Å². The number of aryl methyl sites for hydroxylation is 1. The van der Waals surface area contributed by atoms with Gasteiger partial charge in [-0.2, -0.15) is 0 Å². The summed E-state index contributed by atoms with van der Waals surface area (Å²) < 4.78 is 1.12. The molecule has 1 aromatic carbocycles. The van der Waals surface area contributed by atoms with Gasteiger partial charge in [0, 0.05) is 0 Å². The van der Waals surface area contributed by atoms with Gasteiger partial charge in [0.05, 0.1) is 10.2 Å². The number of fused-ring (bicyclic) bond motifs is 1. The van der Waals surface area contributed by atoms with Crippen molar-refractivity contribution in [2.45, 2.75) is 33.1 Å². The van der Waals surface area contributed by atoms with Crippen LogP contribution < -0.4 is 5.32 Å². The molecule has 1 amide bonds. The van der Waals surface area contributed by atoms with E-state index in [0.717, 1.165) is 29.5 Å². The van der Waals surface area contributed by atoms with E-state index in [0.29, 0.717) is 5.13 Å². The van der Waals surface area contributed by atoms with Crippen molar-refractivity contribution in [2.24, 2.45) is 0 Å². The van der Waals surface area contributed by atoms with Crippen LogP contribution in [0.25, 0.3) is 10.2 Å². The molecule has 0 saturated heterocycles. The number of nitrogens with one attached hydrogen (secondary N) is 1. The third-order valence-corrected chi connectivity index (χ3v) is 3.75. The molecule has 1 N–H and O–H groups in total. The highest BCUT2D eigenvalue weighted by Gasteiger charge is 2.06. The quantitative estimate of drug-likeness (QED) is 0.832. The summed E-state index contributed by atoms with van der Waals surface area (Å²) in [6, 6.07) is 6.22. The van der Waals surface area contributed by atoms with Crippen LogP contribution in [-0.2, 0) is 11.2 Å². The van der Waals surface area contributed by atoms with Crippen molar-refractivity contribution in [3.63, 3.8) is 0 Å². The minimum absolute atomic E-state index is 0.108. The number of hydrogen-bond acceptors (Lipinski definition) is 3. The summed E-state index contributed by atoms with van der Waals surface area (Å²) in [6.07, 6.45) is 6.44. The Morgan fingerprint density at radius 1 is 1.42 bits per heavy atom. The molecule has 2 rings (SSSR count). The molecule has 0 atom stereocenters. The van der Waals surface area contributed by atoms with Gasteiger partial charge in [-0.3, -0.25) is 10.1 Å². The Balaban J connectivity index is 2.11. The molecule has 0 aliphatic carbocycles. The molecule has 4 heteroatoms. The first kappa shape index (κ1) is 13.7. The minimum atomic E-state index is -0.108. The molecule has 0 spiro atoms. The van der Waals surface area contributed by atoms with Crippen LogP contribution in [0.2, 0.25) is 0 Å². The van der Waals surface area contributed by atoms with Crippen molar-refractivity contribution in [3.8, 4) is 0 Å². The smallest absolute Gasteiger partial charge is 0.249 e. The molecule has 0 saturated carbocycles. The first-order chi connectivity index (χ1) is 9.22. The number of thiazole rings is 1. The van der Waals surface area contributed by atoms with Crippen molar-refractivity contribution in [1.82, 2.24) is 4.98 Å². The first-order valence-corrected chi connectivity index (χ1v) is 7.41. The van der Waals surface area contributed by atoms with Crippen molar-refractivity contribution in [3.05, 3.63) is 35.9 Å². The molecular formula is C15H18N2OS. The van der Waals surface area contributed by atoms with Crippen LogP contribution in [-0.4, -0.2) is 10.9 Å². The second-order valence-corrected chi connectivity index (χ2v) is 5.39. The Kier molecular flexibility index (Phi) is 4.68. The summed E-state index contributed by atoms with van der Waals surface area (Å²) in [5.74, 6) is -0.108. The highest BCUT2D eigenvalue weighted by Crippen LogP contribution is 2.26. The molecular weight excluding hydrogens is 256 g/mol. The fourth-order valence-electron chi connectivity index (χ4n) is 1.75. The Morgan fingerprint density at radius 2 is 2.26 bits per heavy atom. The maximum atomic E-state index is 11.7. The summed E-state index contributed by atoms with van der Waals surface area (Å²) in [7, 11) is 0. The van der Waals surface area contributed by atoms with Gasteiger partial charge in [-0.1, -0.05) is 43.7 Å². The summed E-state index contributed by atoms with van der Waals surface area (Å²) in [6.45, 7) is 4.21. The Labute approximate surface area is 117 Å². The molecule has 0 radical (unpaired) electrons. The zero-order valence-corrected chi connectivity index (χ0v) is 12.1. The fraction of sp³-hybridized carbons (Fsp3) is 0.333. The third-order valence-electron chi connectivity index (χ3n) is 2.82. The molecule has 0 aliphatic rings. The number of unbranched alkanes of at least 4 members (excludes halogenated alkanes) is 1. The number of anilines is 1. The van der Waals surface area contributed by atoms with Crippen LogP contribution in [0, 0.1) is 0 Å². The lowest BCUT2D eigenvalue weighted by Crippen LogP contribution is -2.07. The molecule has 0 unspecified atom stereocenters. The number of benzene rings is 1. The number of allylic oxidation sites excluding steroid dienone is 1. The number of aromatic nitrogens is 1. The molecule has 0 aliphatic heterocycles. The van der Waals surface area contributed by atoms with E-state index in [2.05, 4.69) is 36.3 Å². The Hall–Kier alpha value is -1.68. The van der Waals surface area contributed by atoms with Gasteiger partial charge in [0.2, 0.25) is 5.91 Å². The van der Waals surface area contributed by atoms with Gasteiger partial charge >= 0.3 is 0 Å². The standard InChI is InChI=1S/C15H18N2OS/c1-3-5-6-7-14(18)17-15-16-12-9-8-11(4-2)10-13(12)19-15/h6-10H,3-5H2,1-2H3,(H,16,17,18). The largest absolute Gasteiger partial charge is 0.298 e. The lowest BCUT2D eigenvalue weighted by Gasteiger charge is -1.94. The van der Waals surface area contributed by atoms with Crippen molar-refractivity contribution in [2.75, 3.05) is 5.32 Å². The average molecular weight is 274 g/mol. The molecule has 3 nitrogen and oxygen atoms in total. The van der Waals surface area contributed by atoms with E-state index >= 15 is 0 Å². The maximum absolute atomic E-state index is 11.7. The average Bonchev–Trinajstić information content (AvgIpc) is 2.79. The first-order valence-electron chi connectivity index (χ1n) is 6.60. The fourth-order valence-corrected chi connectivity index (χ4v) is 2.68. The van der Waals surface area contributed by atoms with E-state index < -0.39 is 0 Å². The van der Waals surface area contributed by atoms with E-state index in [4.69, 9.17) is 0 Å². The predicted octanol–water partition coefficient (Wildman–Crippen LogP) is 4.15. The van der Waals surface area contributed by atoms with Crippen LogP contribution in [0.1, 0.15) is 32.3 Å². The van der Waals surface area contributed by atoms with E-state index in [9.17, 15) is 4.79 Å². The number of carbonyl (C=O) groups excluding carboxylic acids is 1. The van der Waals surface area contributed by atoms with Gasteiger partial charge in [-0.25, -0.2) is 4.98 Å². The number of amides is 1. The molecule has 0 bridgehead atoms. The number of rotatable bonds is 5. The van der Waals surface area contributed by atoms with E-state index in [1.807, 2.05) is 12.1 Å². The second kappa shape index (κ2) is 6.48. The zero-order valence-electron chi connectivity index (χ0n) is 11.3. The third kappa shape index (κ3) is 3.64. The lowest BCUT2D eigenvalue weighted by atomic mass is 10.2. The lowest BCUT2D eigenvalue weighted by molar-refractivity contribution is -0.111. The SMILES string of the molecule is CCCC=CC(=O)Nc1nc2ccc(CC)cc2s1. The molecule has 19 heavy (non-hydrogen) atoms. The molecule has 1 aromatic heterocycles. The number of carbonyl (C=O) groups is 1. The summed E-state index contributed by atoms with van der Waals surface area (Å²) in [5.41, 5.74) is 2.23. The maximum Gasteiger partial charge on any atom is 0.249 e. The van der Waals surface area contributed by atoms with E-state index in [1.54, 1.807) is 6.08 Å². The molecule has 100 valence electrons. The summed E-state index contributed by atoms with van der Waals surface area (Å²) >= 11 is 1.52. The molecule has 2 aromatic rings. The van der Waals surface area contributed by atoms with Gasteiger partial charge in [-0.15, -0.1) is 0 Å². The second-order valence-electron chi connectivity index (χ2n) is 4.35. The summed E-state index contributed by atoms with van der Waals surface area (Å²) in [4.78, 5) is 16.1. The van der Waals surface area contributed by atoms with Crippen molar-refractivity contribution >= 4 is 32.6 Å². The van der Waals surface area contributed by atoms with E-state index in [-0.39, 0.29) is 5.91 Å². The number of hydrogen-bond donors (Lipinski definition) is 1. The predicted molar refractivity (Wildman–Crippen MR) is 81.7 cm³/mol. The zero-order chi connectivity index (χ0) is 13.7. The van der Waals surface area contributed by atoms with Gasteiger partial charge in [-0.05, 0) is 36.6 Å².